The molecule has 0 saturated heterocycles. The van der Waals surface area contributed by atoms with Gasteiger partial charge in [-0.2, -0.15) is 4.98 Å². The highest BCUT2D eigenvalue weighted by molar-refractivity contribution is 5.85. The second-order valence-electron chi connectivity index (χ2n) is 3.43. The first-order valence-electron chi connectivity index (χ1n) is 4.66. The summed E-state index contributed by atoms with van der Waals surface area (Å²) in [4.78, 5) is 17.0. The van der Waals surface area contributed by atoms with Crippen molar-refractivity contribution in [2.75, 3.05) is 18.8 Å². The lowest BCUT2D eigenvalue weighted by molar-refractivity contribution is -0.128. The first-order valence-corrected chi connectivity index (χ1v) is 4.66. The second-order valence-corrected chi connectivity index (χ2v) is 3.43. The first kappa shape index (κ1) is 11.8. The third kappa shape index (κ3) is 2.41. The maximum atomic E-state index is 11.1. The van der Waals surface area contributed by atoms with Crippen LogP contribution in [0.4, 0.5) is 6.01 Å². The van der Waals surface area contributed by atoms with E-state index < -0.39 is 0 Å². The molecule has 5 nitrogen and oxygen atoms in total. The molecule has 2 heterocycles. The van der Waals surface area contributed by atoms with E-state index in [1.165, 1.54) is 0 Å². The third-order valence-electron chi connectivity index (χ3n) is 2.47. The van der Waals surface area contributed by atoms with Crippen LogP contribution in [0.3, 0.4) is 0 Å². The molecular weight excluding hydrogens is 218 g/mol. The van der Waals surface area contributed by atoms with Crippen molar-refractivity contribution in [1.82, 2.24) is 9.88 Å². The van der Waals surface area contributed by atoms with Crippen LogP contribution in [0.1, 0.15) is 18.4 Å². The van der Waals surface area contributed by atoms with Gasteiger partial charge in [0, 0.05) is 32.9 Å². The van der Waals surface area contributed by atoms with Crippen LogP contribution in [0.5, 0.6) is 0 Å². The minimum absolute atomic E-state index is 0. The Kier molecular flexibility index (Phi) is 3.57. The van der Waals surface area contributed by atoms with Crippen molar-refractivity contribution in [2.24, 2.45) is 0 Å². The normalized spacial score (nSPS) is 15.1. The Hall–Kier alpha value is -1.23. The van der Waals surface area contributed by atoms with Crippen molar-refractivity contribution >= 4 is 24.3 Å². The fourth-order valence-corrected chi connectivity index (χ4v) is 1.70. The molecule has 0 aromatic carbocycles. The molecule has 84 valence electrons. The Morgan fingerprint density at radius 2 is 2.13 bits per heavy atom. The molecule has 1 aromatic heterocycles. The summed E-state index contributed by atoms with van der Waals surface area (Å²) >= 11 is 0. The van der Waals surface area contributed by atoms with Crippen molar-refractivity contribution in [2.45, 2.75) is 19.8 Å². The summed E-state index contributed by atoms with van der Waals surface area (Å²) in [5.74, 6) is 0.925. The largest absolute Gasteiger partial charge is 0.429 e. The van der Waals surface area contributed by atoms with Crippen LogP contribution in [0.25, 0.3) is 0 Å². The summed E-state index contributed by atoms with van der Waals surface area (Å²) in [5, 5.41) is 0. The van der Waals surface area contributed by atoms with Crippen LogP contribution in [-0.2, 0) is 17.6 Å². The fourth-order valence-electron chi connectivity index (χ4n) is 1.70. The van der Waals surface area contributed by atoms with Crippen LogP contribution >= 0.6 is 12.4 Å². The minimum Gasteiger partial charge on any atom is -0.429 e. The smallest absolute Gasteiger partial charge is 0.292 e. The van der Waals surface area contributed by atoms with Gasteiger partial charge in [-0.05, 0) is 0 Å². The Balaban J connectivity index is 0.00000112. The minimum atomic E-state index is 0. The highest BCUT2D eigenvalue weighted by Gasteiger charge is 2.19. The van der Waals surface area contributed by atoms with Gasteiger partial charge in [0.25, 0.3) is 6.01 Å². The molecule has 0 atom stereocenters. The predicted octanol–water partition coefficient (Wildman–Crippen LogP) is 0.626. The number of carbonyl (C=O) groups is 1. The SMILES string of the molecule is CC(=O)N1CCc2nc(N)oc2CC1.Cl. The topological polar surface area (TPSA) is 72.4 Å². The van der Waals surface area contributed by atoms with E-state index >= 15 is 0 Å². The number of carbonyl (C=O) groups excluding carboxylic acids is 1. The molecule has 0 unspecified atom stereocenters. The van der Waals surface area contributed by atoms with E-state index in [0.717, 1.165) is 17.9 Å². The Labute approximate surface area is 94.0 Å². The van der Waals surface area contributed by atoms with E-state index in [4.69, 9.17) is 10.2 Å². The number of nitrogens with zero attached hydrogens (tertiary/aromatic N) is 2. The molecule has 1 aromatic rings. The summed E-state index contributed by atoms with van der Waals surface area (Å²) in [6, 6.07) is 0.228. The molecule has 0 bridgehead atoms. The predicted molar refractivity (Wildman–Crippen MR) is 57.8 cm³/mol. The van der Waals surface area contributed by atoms with Crippen molar-refractivity contribution in [3.8, 4) is 0 Å². The molecule has 0 saturated carbocycles. The van der Waals surface area contributed by atoms with Gasteiger partial charge >= 0.3 is 0 Å². The molecule has 0 fully saturated rings. The zero-order valence-electron chi connectivity index (χ0n) is 8.52. The van der Waals surface area contributed by atoms with Crippen LogP contribution in [0.2, 0.25) is 0 Å². The number of nitrogens with two attached hydrogens (primary N) is 1. The Morgan fingerprint density at radius 1 is 1.47 bits per heavy atom. The number of halogens is 1. The first-order chi connectivity index (χ1) is 6.66. The number of rotatable bonds is 0. The van der Waals surface area contributed by atoms with Crippen molar-refractivity contribution in [1.29, 1.82) is 0 Å². The monoisotopic (exact) mass is 231 g/mol. The highest BCUT2D eigenvalue weighted by Crippen LogP contribution is 2.17. The van der Waals surface area contributed by atoms with Crippen LogP contribution in [0, 0.1) is 0 Å². The van der Waals surface area contributed by atoms with E-state index in [1.54, 1.807) is 11.8 Å². The summed E-state index contributed by atoms with van der Waals surface area (Å²) in [6.45, 7) is 2.97. The van der Waals surface area contributed by atoms with Gasteiger partial charge in [-0.15, -0.1) is 12.4 Å². The average Bonchev–Trinajstić information content (AvgIpc) is 2.34. The number of fused-ring (bicyclic) bond motifs is 1. The van der Waals surface area contributed by atoms with Gasteiger partial charge in [0.05, 0.1) is 5.69 Å². The van der Waals surface area contributed by atoms with E-state index in [2.05, 4.69) is 4.98 Å². The quantitative estimate of drug-likeness (QED) is 0.711. The van der Waals surface area contributed by atoms with E-state index in [9.17, 15) is 4.79 Å². The summed E-state index contributed by atoms with van der Waals surface area (Å²) < 4.78 is 5.24. The molecule has 0 radical (unpaired) electrons. The number of oxazole rings is 1. The molecule has 15 heavy (non-hydrogen) atoms. The number of anilines is 1. The van der Waals surface area contributed by atoms with E-state index in [0.29, 0.717) is 19.5 Å². The van der Waals surface area contributed by atoms with Gasteiger partial charge in [-0.25, -0.2) is 0 Å². The molecule has 2 N–H and O–H groups in total. The number of hydrogen-bond acceptors (Lipinski definition) is 4. The number of nitrogen functional groups attached to an aromatic ring is 1. The summed E-state index contributed by atoms with van der Waals surface area (Å²) in [6.07, 6.45) is 1.44. The lowest BCUT2D eigenvalue weighted by Crippen LogP contribution is -2.31. The lowest BCUT2D eigenvalue weighted by Gasteiger charge is -2.17. The average molecular weight is 232 g/mol. The molecule has 2 rings (SSSR count). The number of amides is 1. The number of aromatic nitrogens is 1. The zero-order valence-corrected chi connectivity index (χ0v) is 9.34. The highest BCUT2D eigenvalue weighted by atomic mass is 35.5. The molecule has 1 aliphatic rings. The van der Waals surface area contributed by atoms with Gasteiger partial charge < -0.3 is 15.1 Å². The van der Waals surface area contributed by atoms with Gasteiger partial charge in [0.1, 0.15) is 5.76 Å². The van der Waals surface area contributed by atoms with Gasteiger partial charge in [0.2, 0.25) is 5.91 Å². The number of hydrogen-bond donors (Lipinski definition) is 1. The van der Waals surface area contributed by atoms with Crippen molar-refractivity contribution in [3.05, 3.63) is 11.5 Å². The van der Waals surface area contributed by atoms with Crippen molar-refractivity contribution in [3.63, 3.8) is 0 Å². The van der Waals surface area contributed by atoms with E-state index in [-0.39, 0.29) is 24.3 Å². The maximum absolute atomic E-state index is 11.1. The van der Waals surface area contributed by atoms with Gasteiger partial charge in [0.15, 0.2) is 0 Å². The summed E-state index contributed by atoms with van der Waals surface area (Å²) in [5.41, 5.74) is 6.34. The summed E-state index contributed by atoms with van der Waals surface area (Å²) in [7, 11) is 0. The molecule has 1 amide bonds. The van der Waals surface area contributed by atoms with Crippen LogP contribution in [-0.4, -0.2) is 28.9 Å². The zero-order chi connectivity index (χ0) is 10.1. The fraction of sp³-hybridized carbons (Fsp3) is 0.556. The lowest BCUT2D eigenvalue weighted by atomic mass is 10.2. The molecule has 1 aliphatic heterocycles. The van der Waals surface area contributed by atoms with Gasteiger partial charge in [-0.3, -0.25) is 4.79 Å². The second kappa shape index (κ2) is 4.53. The molecule has 0 aliphatic carbocycles. The maximum Gasteiger partial charge on any atom is 0.292 e. The van der Waals surface area contributed by atoms with Crippen LogP contribution in [0.15, 0.2) is 4.42 Å². The molecule has 0 spiro atoms. The Morgan fingerprint density at radius 3 is 2.80 bits per heavy atom. The third-order valence-corrected chi connectivity index (χ3v) is 2.47. The molecular formula is C9H14ClN3O2. The van der Waals surface area contributed by atoms with Crippen molar-refractivity contribution < 1.29 is 9.21 Å². The van der Waals surface area contributed by atoms with Crippen LogP contribution < -0.4 is 5.73 Å². The van der Waals surface area contributed by atoms with E-state index in [1.807, 2.05) is 0 Å². The van der Waals surface area contributed by atoms with Gasteiger partial charge in [-0.1, -0.05) is 0 Å². The Bertz CT molecular complexity index is 339. The molecule has 6 heteroatoms. The standard InChI is InChI=1S/C9H13N3O2.ClH/c1-6(13)12-4-2-7-8(3-5-12)14-9(10)11-7;/h2-5H2,1H3,(H2,10,11);1H.